The van der Waals surface area contributed by atoms with E-state index in [1.807, 2.05) is 0 Å². The fraction of sp³-hybridized carbons (Fsp3) is 0.273. The Kier molecular flexibility index (Phi) is 3.42. The van der Waals surface area contributed by atoms with Gasteiger partial charge in [0.15, 0.2) is 10.6 Å². The molecule has 7 heteroatoms. The number of rotatable bonds is 3. The Bertz CT molecular complexity index is 663. The van der Waals surface area contributed by atoms with Gasteiger partial charge in [0.05, 0.1) is 12.1 Å². The summed E-state index contributed by atoms with van der Waals surface area (Å²) >= 11 is 4.97. The summed E-state index contributed by atoms with van der Waals surface area (Å²) in [5, 5.41) is 0. The Balaban J connectivity index is 2.53. The molecule has 0 spiro atoms. The van der Waals surface area contributed by atoms with Crippen molar-refractivity contribution in [1.82, 2.24) is 9.55 Å². The molecule has 0 unspecified atom stereocenters. The normalized spacial score (nSPS) is 10.8. The van der Waals surface area contributed by atoms with E-state index in [-0.39, 0.29) is 29.0 Å². The highest BCUT2D eigenvalue weighted by Crippen LogP contribution is 2.19. The molecule has 2 aromatic rings. The van der Waals surface area contributed by atoms with Crippen molar-refractivity contribution in [2.24, 2.45) is 0 Å². The van der Waals surface area contributed by atoms with Crippen molar-refractivity contribution in [3.05, 3.63) is 28.5 Å². The predicted octanol–water partition coefficient (Wildman–Crippen LogP) is 2.54. The number of hydrogen-bond donors (Lipinski definition) is 1. The molecule has 0 aliphatic carbocycles. The number of H-pyrrole nitrogens is 1. The van der Waals surface area contributed by atoms with Gasteiger partial charge in [-0.1, -0.05) is 0 Å². The minimum Gasteiger partial charge on any atom is -0.465 e. The topological polar surface area (TPSA) is 47.0 Å². The standard InChI is InChI=1S/C11H10F2N2O2S/c1-2-17-9(16)5-15-8-4-6(12)3-7(13)10(8)14-11(15)18/h3-4H,2,5H2,1H3,(H,14,18). The fourth-order valence-electron chi connectivity index (χ4n) is 1.67. The molecule has 0 aliphatic rings. The average Bonchev–Trinajstić information content (AvgIpc) is 2.58. The first kappa shape index (κ1) is 12.7. The van der Waals surface area contributed by atoms with E-state index in [4.69, 9.17) is 17.0 Å². The van der Waals surface area contributed by atoms with Crippen LogP contribution in [0.4, 0.5) is 8.78 Å². The first-order valence-corrected chi connectivity index (χ1v) is 5.67. The van der Waals surface area contributed by atoms with Crippen LogP contribution in [0, 0.1) is 16.4 Å². The van der Waals surface area contributed by atoms with Gasteiger partial charge in [0.25, 0.3) is 0 Å². The molecule has 0 bridgehead atoms. The molecule has 1 N–H and O–H groups in total. The molecular formula is C11H10F2N2O2S. The van der Waals surface area contributed by atoms with E-state index in [0.717, 1.165) is 12.1 Å². The van der Waals surface area contributed by atoms with Crippen LogP contribution in [-0.4, -0.2) is 22.1 Å². The Morgan fingerprint density at radius 1 is 1.50 bits per heavy atom. The number of carbonyl (C=O) groups is 1. The zero-order chi connectivity index (χ0) is 13.3. The molecule has 0 saturated heterocycles. The first-order valence-electron chi connectivity index (χ1n) is 5.26. The number of imidazole rings is 1. The summed E-state index contributed by atoms with van der Waals surface area (Å²) in [7, 11) is 0. The van der Waals surface area contributed by atoms with Crippen LogP contribution in [0.2, 0.25) is 0 Å². The zero-order valence-corrected chi connectivity index (χ0v) is 10.3. The molecule has 0 radical (unpaired) electrons. The summed E-state index contributed by atoms with van der Waals surface area (Å²) in [4.78, 5) is 14.0. The molecule has 1 aromatic carbocycles. The quantitative estimate of drug-likeness (QED) is 0.690. The van der Waals surface area contributed by atoms with Crippen molar-refractivity contribution in [3.63, 3.8) is 0 Å². The SMILES string of the molecule is CCOC(=O)Cn1c(=S)[nH]c2c(F)cc(F)cc21. The number of aromatic nitrogens is 2. The molecule has 0 amide bonds. The molecule has 96 valence electrons. The Morgan fingerprint density at radius 2 is 2.22 bits per heavy atom. The highest BCUT2D eigenvalue weighted by atomic mass is 32.1. The Labute approximate surface area is 106 Å². The van der Waals surface area contributed by atoms with Crippen molar-refractivity contribution < 1.29 is 18.3 Å². The van der Waals surface area contributed by atoms with Gasteiger partial charge >= 0.3 is 5.97 Å². The van der Waals surface area contributed by atoms with Crippen LogP contribution in [0.25, 0.3) is 11.0 Å². The van der Waals surface area contributed by atoms with Crippen LogP contribution in [0.15, 0.2) is 12.1 Å². The van der Waals surface area contributed by atoms with Gasteiger partial charge in [0, 0.05) is 6.07 Å². The number of hydrogen-bond acceptors (Lipinski definition) is 3. The summed E-state index contributed by atoms with van der Waals surface area (Å²) in [6, 6.07) is 1.87. The fourth-order valence-corrected chi connectivity index (χ4v) is 1.94. The summed E-state index contributed by atoms with van der Waals surface area (Å²) in [5.74, 6) is -2.00. The number of halogens is 2. The van der Waals surface area contributed by atoms with Crippen LogP contribution in [-0.2, 0) is 16.1 Å². The van der Waals surface area contributed by atoms with Crippen molar-refractivity contribution in [1.29, 1.82) is 0 Å². The monoisotopic (exact) mass is 272 g/mol. The zero-order valence-electron chi connectivity index (χ0n) is 9.50. The summed E-state index contributed by atoms with van der Waals surface area (Å²) in [6.45, 7) is 1.72. The second kappa shape index (κ2) is 4.85. The Morgan fingerprint density at radius 3 is 2.89 bits per heavy atom. The number of carbonyl (C=O) groups excluding carboxylic acids is 1. The molecule has 0 saturated carbocycles. The Hall–Kier alpha value is -1.76. The molecule has 2 rings (SSSR count). The van der Waals surface area contributed by atoms with Gasteiger partial charge in [0.1, 0.15) is 17.9 Å². The van der Waals surface area contributed by atoms with Crippen LogP contribution >= 0.6 is 12.2 Å². The number of ether oxygens (including phenoxy) is 1. The van der Waals surface area contributed by atoms with E-state index in [9.17, 15) is 13.6 Å². The van der Waals surface area contributed by atoms with Crippen LogP contribution in [0.1, 0.15) is 6.92 Å². The number of benzene rings is 1. The third-order valence-electron chi connectivity index (χ3n) is 2.39. The van der Waals surface area contributed by atoms with Crippen LogP contribution in [0.5, 0.6) is 0 Å². The average molecular weight is 272 g/mol. The van der Waals surface area contributed by atoms with Gasteiger partial charge in [-0.2, -0.15) is 0 Å². The van der Waals surface area contributed by atoms with E-state index in [2.05, 4.69) is 4.98 Å². The van der Waals surface area contributed by atoms with Crippen molar-refractivity contribution >= 4 is 29.2 Å². The molecule has 0 aliphatic heterocycles. The minimum atomic E-state index is -0.751. The maximum atomic E-state index is 13.5. The number of fused-ring (bicyclic) bond motifs is 1. The van der Waals surface area contributed by atoms with Gasteiger partial charge in [-0.25, -0.2) is 8.78 Å². The van der Waals surface area contributed by atoms with Gasteiger partial charge < -0.3 is 14.3 Å². The highest BCUT2D eigenvalue weighted by Gasteiger charge is 2.13. The number of esters is 1. The van der Waals surface area contributed by atoms with Gasteiger partial charge in [-0.3, -0.25) is 4.79 Å². The third-order valence-corrected chi connectivity index (χ3v) is 2.72. The van der Waals surface area contributed by atoms with Crippen molar-refractivity contribution in [3.8, 4) is 0 Å². The maximum Gasteiger partial charge on any atom is 0.326 e. The number of nitrogens with zero attached hydrogens (tertiary/aromatic N) is 1. The molecule has 0 fully saturated rings. The molecule has 1 aromatic heterocycles. The van der Waals surface area contributed by atoms with Crippen LogP contribution < -0.4 is 0 Å². The van der Waals surface area contributed by atoms with Gasteiger partial charge in [0.2, 0.25) is 0 Å². The predicted molar refractivity (Wildman–Crippen MR) is 63.7 cm³/mol. The molecule has 4 nitrogen and oxygen atoms in total. The number of aromatic amines is 1. The largest absolute Gasteiger partial charge is 0.465 e. The van der Waals surface area contributed by atoms with Crippen molar-refractivity contribution in [2.75, 3.05) is 6.61 Å². The first-order chi connectivity index (χ1) is 8.52. The maximum absolute atomic E-state index is 13.5. The third kappa shape index (κ3) is 2.26. The lowest BCUT2D eigenvalue weighted by molar-refractivity contribution is -0.143. The van der Waals surface area contributed by atoms with E-state index in [0.29, 0.717) is 0 Å². The van der Waals surface area contributed by atoms with E-state index in [1.165, 1.54) is 4.57 Å². The molecule has 1 heterocycles. The smallest absolute Gasteiger partial charge is 0.326 e. The lowest BCUT2D eigenvalue weighted by Crippen LogP contribution is -2.13. The summed E-state index contributed by atoms with van der Waals surface area (Å²) in [5.41, 5.74) is 0.274. The molecule has 0 atom stereocenters. The second-order valence-electron chi connectivity index (χ2n) is 3.60. The molecule has 18 heavy (non-hydrogen) atoms. The summed E-state index contributed by atoms with van der Waals surface area (Å²) in [6.07, 6.45) is 0. The lowest BCUT2D eigenvalue weighted by atomic mass is 10.3. The van der Waals surface area contributed by atoms with Gasteiger partial charge in [-0.05, 0) is 25.2 Å². The summed E-state index contributed by atoms with van der Waals surface area (Å²) < 4.78 is 32.8. The van der Waals surface area contributed by atoms with Crippen LogP contribution in [0.3, 0.4) is 0 Å². The molecular weight excluding hydrogens is 262 g/mol. The highest BCUT2D eigenvalue weighted by molar-refractivity contribution is 7.71. The number of nitrogens with one attached hydrogen (secondary N) is 1. The van der Waals surface area contributed by atoms with E-state index < -0.39 is 17.6 Å². The van der Waals surface area contributed by atoms with E-state index >= 15 is 0 Å². The van der Waals surface area contributed by atoms with Gasteiger partial charge in [-0.15, -0.1) is 0 Å². The second-order valence-corrected chi connectivity index (χ2v) is 3.99. The lowest BCUT2D eigenvalue weighted by Gasteiger charge is -2.04. The minimum absolute atomic E-state index is 0.0747. The van der Waals surface area contributed by atoms with Crippen molar-refractivity contribution in [2.45, 2.75) is 13.5 Å². The van der Waals surface area contributed by atoms with E-state index in [1.54, 1.807) is 6.92 Å².